The highest BCUT2D eigenvalue weighted by atomic mass is 32.2. The third kappa shape index (κ3) is 1.75. The second-order valence-electron chi connectivity index (χ2n) is 3.69. The molecule has 1 fully saturated rings. The van der Waals surface area contributed by atoms with Gasteiger partial charge in [-0.25, -0.2) is 0 Å². The zero-order valence-electron chi connectivity index (χ0n) is 7.83. The Bertz CT molecular complexity index is 193. The number of hydrogen-bond donors (Lipinski definition) is 1. The van der Waals surface area contributed by atoms with E-state index in [2.05, 4.69) is 0 Å². The Balaban J connectivity index is 2.81. The van der Waals surface area contributed by atoms with E-state index in [1.54, 1.807) is 16.7 Å². The monoisotopic (exact) mass is 188 g/mol. The molecule has 0 bridgehead atoms. The fourth-order valence-corrected chi connectivity index (χ4v) is 2.35. The number of carbonyl (C=O) groups is 1. The summed E-state index contributed by atoms with van der Waals surface area (Å²) in [5.41, 5.74) is 5.83. The van der Waals surface area contributed by atoms with Gasteiger partial charge in [-0.1, -0.05) is 0 Å². The second kappa shape index (κ2) is 3.26. The van der Waals surface area contributed by atoms with Crippen molar-refractivity contribution in [3.05, 3.63) is 0 Å². The van der Waals surface area contributed by atoms with Crippen molar-refractivity contribution in [3.63, 3.8) is 0 Å². The van der Waals surface area contributed by atoms with E-state index < -0.39 is 0 Å². The van der Waals surface area contributed by atoms with E-state index in [1.807, 2.05) is 20.9 Å². The van der Waals surface area contributed by atoms with Crippen LogP contribution in [0.4, 0.5) is 0 Å². The molecule has 1 aliphatic heterocycles. The maximum atomic E-state index is 11.5. The summed E-state index contributed by atoms with van der Waals surface area (Å²) in [6.07, 6.45) is 0. The average Bonchev–Trinajstić information content (AvgIpc) is 2.06. The van der Waals surface area contributed by atoms with E-state index in [4.69, 9.17) is 5.73 Å². The van der Waals surface area contributed by atoms with Crippen molar-refractivity contribution in [1.29, 1.82) is 0 Å². The molecule has 2 N–H and O–H groups in total. The Morgan fingerprint density at radius 2 is 2.25 bits per heavy atom. The molecule has 0 radical (unpaired) electrons. The molecule has 1 atom stereocenters. The molecule has 0 unspecified atom stereocenters. The second-order valence-corrected chi connectivity index (χ2v) is 5.44. The lowest BCUT2D eigenvalue weighted by Gasteiger charge is -2.27. The van der Waals surface area contributed by atoms with Crippen LogP contribution in [0.2, 0.25) is 0 Å². The summed E-state index contributed by atoms with van der Waals surface area (Å²) in [7, 11) is 1.81. The van der Waals surface area contributed by atoms with Gasteiger partial charge in [0, 0.05) is 24.1 Å². The number of rotatable bonds is 0. The summed E-state index contributed by atoms with van der Waals surface area (Å²) in [5.74, 6) is 1.04. The summed E-state index contributed by atoms with van der Waals surface area (Å²) in [6.45, 7) is 4.86. The van der Waals surface area contributed by atoms with E-state index >= 15 is 0 Å². The first-order chi connectivity index (χ1) is 5.45. The molecule has 1 rings (SSSR count). The maximum absolute atomic E-state index is 11.5. The van der Waals surface area contributed by atoms with Crippen LogP contribution in [0.25, 0.3) is 0 Å². The van der Waals surface area contributed by atoms with Gasteiger partial charge in [0.15, 0.2) is 0 Å². The van der Waals surface area contributed by atoms with Crippen molar-refractivity contribution in [2.75, 3.05) is 19.3 Å². The molecular formula is C8H16N2OS. The van der Waals surface area contributed by atoms with Crippen LogP contribution in [0.5, 0.6) is 0 Å². The molecule has 0 aromatic carbocycles. The van der Waals surface area contributed by atoms with Gasteiger partial charge in [-0.2, -0.15) is 11.8 Å². The molecule has 1 saturated heterocycles. The molecule has 1 aliphatic rings. The van der Waals surface area contributed by atoms with Gasteiger partial charge in [-0.3, -0.25) is 4.79 Å². The minimum Gasteiger partial charge on any atom is -0.344 e. The maximum Gasteiger partial charge on any atom is 0.240 e. The lowest BCUT2D eigenvalue weighted by atomic mass is 10.0. The lowest BCUT2D eigenvalue weighted by molar-refractivity contribution is -0.131. The molecule has 0 aromatic rings. The molecule has 0 spiro atoms. The van der Waals surface area contributed by atoms with Crippen molar-refractivity contribution < 1.29 is 4.79 Å². The van der Waals surface area contributed by atoms with Crippen LogP contribution < -0.4 is 5.73 Å². The zero-order chi connectivity index (χ0) is 9.35. The summed E-state index contributed by atoms with van der Waals surface area (Å²) in [4.78, 5) is 13.3. The van der Waals surface area contributed by atoms with E-state index in [1.165, 1.54) is 0 Å². The Labute approximate surface area is 77.7 Å². The summed E-state index contributed by atoms with van der Waals surface area (Å²) in [6, 6.07) is -0.366. The van der Waals surface area contributed by atoms with Crippen molar-refractivity contribution in [1.82, 2.24) is 4.90 Å². The number of nitrogens with zero attached hydrogens (tertiary/aromatic N) is 1. The Morgan fingerprint density at radius 1 is 1.67 bits per heavy atom. The van der Waals surface area contributed by atoms with Gasteiger partial charge in [0.1, 0.15) is 0 Å². The van der Waals surface area contributed by atoms with E-state index in [-0.39, 0.29) is 16.7 Å². The lowest BCUT2D eigenvalue weighted by Crippen LogP contribution is -2.50. The van der Waals surface area contributed by atoms with E-state index in [9.17, 15) is 4.79 Å². The Hall–Kier alpha value is -0.220. The molecular weight excluding hydrogens is 172 g/mol. The fraction of sp³-hybridized carbons (Fsp3) is 0.875. The SMILES string of the molecule is CN1CCSC(C)(C)[C@H](N)C1=O. The Kier molecular flexibility index (Phi) is 2.68. The van der Waals surface area contributed by atoms with Gasteiger partial charge in [0.25, 0.3) is 0 Å². The third-order valence-corrected chi connectivity index (χ3v) is 3.68. The summed E-state index contributed by atoms with van der Waals surface area (Å²) in [5, 5.41) is 0. The van der Waals surface area contributed by atoms with Gasteiger partial charge >= 0.3 is 0 Å². The minimum atomic E-state index is -0.366. The molecule has 0 aromatic heterocycles. The van der Waals surface area contributed by atoms with Gasteiger partial charge in [-0.05, 0) is 13.8 Å². The van der Waals surface area contributed by atoms with Crippen LogP contribution in [0, 0.1) is 0 Å². The number of carbonyl (C=O) groups excluding carboxylic acids is 1. The zero-order valence-corrected chi connectivity index (χ0v) is 8.65. The van der Waals surface area contributed by atoms with Crippen LogP contribution in [0.15, 0.2) is 0 Å². The van der Waals surface area contributed by atoms with Crippen LogP contribution >= 0.6 is 11.8 Å². The normalized spacial score (nSPS) is 30.2. The van der Waals surface area contributed by atoms with Crippen molar-refractivity contribution in [2.24, 2.45) is 5.73 Å². The van der Waals surface area contributed by atoms with Gasteiger partial charge in [0.2, 0.25) is 5.91 Å². The van der Waals surface area contributed by atoms with Crippen molar-refractivity contribution in [3.8, 4) is 0 Å². The van der Waals surface area contributed by atoms with Crippen molar-refractivity contribution in [2.45, 2.75) is 24.6 Å². The number of amides is 1. The van der Waals surface area contributed by atoms with E-state index in [0.717, 1.165) is 12.3 Å². The molecule has 1 heterocycles. The van der Waals surface area contributed by atoms with Crippen LogP contribution in [0.1, 0.15) is 13.8 Å². The molecule has 0 aliphatic carbocycles. The van der Waals surface area contributed by atoms with Crippen LogP contribution in [-0.2, 0) is 4.79 Å². The molecule has 3 nitrogen and oxygen atoms in total. The van der Waals surface area contributed by atoms with Crippen LogP contribution in [0.3, 0.4) is 0 Å². The van der Waals surface area contributed by atoms with Gasteiger partial charge in [0.05, 0.1) is 6.04 Å². The minimum absolute atomic E-state index is 0.0602. The molecule has 12 heavy (non-hydrogen) atoms. The molecule has 1 amide bonds. The summed E-state index contributed by atoms with van der Waals surface area (Å²) >= 11 is 1.77. The highest BCUT2D eigenvalue weighted by molar-refractivity contribution is 8.00. The summed E-state index contributed by atoms with van der Waals surface area (Å²) < 4.78 is -0.123. The number of nitrogens with two attached hydrogens (primary N) is 1. The van der Waals surface area contributed by atoms with Crippen LogP contribution in [-0.4, -0.2) is 40.9 Å². The number of hydrogen-bond acceptors (Lipinski definition) is 3. The van der Waals surface area contributed by atoms with Crippen molar-refractivity contribution >= 4 is 17.7 Å². The predicted molar refractivity (Wildman–Crippen MR) is 52.1 cm³/mol. The predicted octanol–water partition coefficient (Wildman–Crippen LogP) is 0.297. The standard InChI is InChI=1S/C8H16N2OS/c1-8(2)6(9)7(11)10(3)4-5-12-8/h6H,4-5,9H2,1-3H3/t6-/m1/s1. The van der Waals surface area contributed by atoms with Gasteiger partial charge < -0.3 is 10.6 Å². The third-order valence-electron chi connectivity index (χ3n) is 2.29. The Morgan fingerprint density at radius 3 is 2.83 bits per heavy atom. The molecule has 4 heteroatoms. The quantitative estimate of drug-likeness (QED) is 0.594. The number of likely N-dealkylation sites (N-methyl/N-ethyl adjacent to an activating group) is 1. The largest absolute Gasteiger partial charge is 0.344 e. The highest BCUT2D eigenvalue weighted by Crippen LogP contribution is 2.30. The average molecular weight is 188 g/mol. The topological polar surface area (TPSA) is 46.3 Å². The first kappa shape index (κ1) is 9.86. The highest BCUT2D eigenvalue weighted by Gasteiger charge is 2.36. The molecule has 0 saturated carbocycles. The number of thioether (sulfide) groups is 1. The van der Waals surface area contributed by atoms with E-state index in [0.29, 0.717) is 0 Å². The molecule has 70 valence electrons. The first-order valence-electron chi connectivity index (χ1n) is 4.09. The van der Waals surface area contributed by atoms with Gasteiger partial charge in [-0.15, -0.1) is 0 Å². The fourth-order valence-electron chi connectivity index (χ4n) is 1.18. The smallest absolute Gasteiger partial charge is 0.240 e. The first-order valence-corrected chi connectivity index (χ1v) is 5.08.